The number of nitro groups is 1. The summed E-state index contributed by atoms with van der Waals surface area (Å²) in [6.45, 7) is 1.25. The fourth-order valence-corrected chi connectivity index (χ4v) is 1.23. The Labute approximate surface area is 93.0 Å². The third-order valence-corrected chi connectivity index (χ3v) is 2.01. The summed E-state index contributed by atoms with van der Waals surface area (Å²) in [5.41, 5.74) is 0.756. The highest BCUT2D eigenvalue weighted by Gasteiger charge is 2.13. The van der Waals surface area contributed by atoms with Crippen LogP contribution in [0.2, 0.25) is 0 Å². The molecule has 0 aliphatic carbocycles. The smallest absolute Gasteiger partial charge is 0.292 e. The van der Waals surface area contributed by atoms with E-state index < -0.39 is 4.92 Å². The van der Waals surface area contributed by atoms with E-state index in [1.807, 2.05) is 6.07 Å². The van der Waals surface area contributed by atoms with Crippen molar-refractivity contribution in [2.24, 2.45) is 0 Å². The minimum atomic E-state index is -0.469. The van der Waals surface area contributed by atoms with Crippen LogP contribution in [0.15, 0.2) is 18.2 Å². The van der Waals surface area contributed by atoms with Crippen molar-refractivity contribution in [3.05, 3.63) is 33.9 Å². The zero-order chi connectivity index (χ0) is 12.0. The molecule has 0 amide bonds. The van der Waals surface area contributed by atoms with Gasteiger partial charge in [-0.15, -0.1) is 0 Å². The van der Waals surface area contributed by atoms with Crippen LogP contribution < -0.4 is 10.6 Å². The second kappa shape index (κ2) is 5.68. The quantitative estimate of drug-likeness (QED) is 0.440. The molecular weight excluding hydrogens is 208 g/mol. The lowest BCUT2D eigenvalue weighted by Gasteiger charge is -2.06. The number of anilines is 1. The molecule has 0 atom stereocenters. The summed E-state index contributed by atoms with van der Waals surface area (Å²) in [4.78, 5) is 10.3. The molecule has 0 unspecified atom stereocenters. The average Bonchev–Trinajstić information content (AvgIpc) is 2.29. The Morgan fingerprint density at radius 2 is 2.25 bits per heavy atom. The maximum Gasteiger partial charge on any atom is 0.292 e. The maximum absolute atomic E-state index is 10.7. The summed E-state index contributed by atoms with van der Waals surface area (Å²) in [5.74, 6) is 0. The number of nitriles is 1. The van der Waals surface area contributed by atoms with Crippen LogP contribution in [-0.4, -0.2) is 25.1 Å². The standard InChI is InChI=1S/C10H12N4O2/c1-12-4-5-13-9-6-8(7-11)2-3-10(9)14(15)16/h2-3,6,12-13H,4-5H2,1H3. The van der Waals surface area contributed by atoms with Crippen LogP contribution in [0.5, 0.6) is 0 Å². The van der Waals surface area contributed by atoms with Gasteiger partial charge >= 0.3 is 0 Å². The summed E-state index contributed by atoms with van der Waals surface area (Å²) >= 11 is 0. The molecule has 0 radical (unpaired) electrons. The molecule has 0 fully saturated rings. The fraction of sp³-hybridized carbons (Fsp3) is 0.300. The lowest BCUT2D eigenvalue weighted by molar-refractivity contribution is -0.384. The predicted octanol–water partition coefficient (Wildman–Crippen LogP) is 1.10. The molecule has 0 saturated heterocycles. The van der Waals surface area contributed by atoms with Crippen molar-refractivity contribution in [3.8, 4) is 6.07 Å². The van der Waals surface area contributed by atoms with Gasteiger partial charge in [0.2, 0.25) is 0 Å². The monoisotopic (exact) mass is 220 g/mol. The van der Waals surface area contributed by atoms with Crippen molar-refractivity contribution in [1.82, 2.24) is 5.32 Å². The van der Waals surface area contributed by atoms with Crippen molar-refractivity contribution in [3.63, 3.8) is 0 Å². The third-order valence-electron chi connectivity index (χ3n) is 2.01. The minimum absolute atomic E-state index is 0.0184. The predicted molar refractivity (Wildman–Crippen MR) is 60.2 cm³/mol. The van der Waals surface area contributed by atoms with Crippen LogP contribution in [0.1, 0.15) is 5.56 Å². The van der Waals surface area contributed by atoms with Crippen LogP contribution in [0.4, 0.5) is 11.4 Å². The number of nitrogens with one attached hydrogen (secondary N) is 2. The first kappa shape index (κ1) is 11.9. The van der Waals surface area contributed by atoms with E-state index in [9.17, 15) is 10.1 Å². The first-order valence-electron chi connectivity index (χ1n) is 4.76. The lowest BCUT2D eigenvalue weighted by atomic mass is 10.2. The number of hydrogen-bond acceptors (Lipinski definition) is 5. The van der Waals surface area contributed by atoms with E-state index in [-0.39, 0.29) is 5.69 Å². The molecule has 2 N–H and O–H groups in total. The van der Waals surface area contributed by atoms with E-state index >= 15 is 0 Å². The molecule has 1 rings (SSSR count). The van der Waals surface area contributed by atoms with Gasteiger partial charge < -0.3 is 10.6 Å². The van der Waals surface area contributed by atoms with Gasteiger partial charge in [0.05, 0.1) is 16.6 Å². The van der Waals surface area contributed by atoms with Gasteiger partial charge in [-0.3, -0.25) is 10.1 Å². The minimum Gasteiger partial charge on any atom is -0.378 e. The van der Waals surface area contributed by atoms with Gasteiger partial charge in [0.1, 0.15) is 5.69 Å². The van der Waals surface area contributed by atoms with Crippen molar-refractivity contribution in [1.29, 1.82) is 5.26 Å². The summed E-state index contributed by atoms with van der Waals surface area (Å²) in [6, 6.07) is 6.19. The zero-order valence-corrected chi connectivity index (χ0v) is 8.86. The third kappa shape index (κ3) is 2.93. The topological polar surface area (TPSA) is 91.0 Å². The second-order valence-electron chi connectivity index (χ2n) is 3.13. The van der Waals surface area contributed by atoms with Crippen LogP contribution in [0, 0.1) is 21.4 Å². The molecule has 1 aromatic carbocycles. The van der Waals surface area contributed by atoms with E-state index in [0.29, 0.717) is 24.3 Å². The number of hydrogen-bond donors (Lipinski definition) is 2. The molecular formula is C10H12N4O2. The first-order chi connectivity index (χ1) is 7.69. The Hall–Kier alpha value is -2.13. The molecule has 0 saturated carbocycles. The van der Waals surface area contributed by atoms with Gasteiger partial charge in [-0.05, 0) is 19.2 Å². The summed E-state index contributed by atoms with van der Waals surface area (Å²) in [5, 5.41) is 25.3. The van der Waals surface area contributed by atoms with E-state index in [1.54, 1.807) is 7.05 Å². The summed E-state index contributed by atoms with van der Waals surface area (Å²) in [7, 11) is 1.79. The molecule has 6 nitrogen and oxygen atoms in total. The summed E-state index contributed by atoms with van der Waals surface area (Å²) in [6.07, 6.45) is 0. The van der Waals surface area contributed by atoms with Crippen LogP contribution in [0.3, 0.4) is 0 Å². The Kier molecular flexibility index (Phi) is 4.24. The van der Waals surface area contributed by atoms with Crippen LogP contribution in [-0.2, 0) is 0 Å². The molecule has 6 heteroatoms. The Balaban J connectivity index is 2.92. The van der Waals surface area contributed by atoms with Crippen LogP contribution in [0.25, 0.3) is 0 Å². The molecule has 0 aromatic heterocycles. The Bertz CT molecular complexity index is 425. The van der Waals surface area contributed by atoms with E-state index in [4.69, 9.17) is 5.26 Å². The van der Waals surface area contributed by atoms with Gasteiger partial charge in [-0.2, -0.15) is 5.26 Å². The van der Waals surface area contributed by atoms with E-state index in [1.165, 1.54) is 18.2 Å². The second-order valence-corrected chi connectivity index (χ2v) is 3.13. The fourth-order valence-electron chi connectivity index (χ4n) is 1.23. The maximum atomic E-state index is 10.7. The van der Waals surface area contributed by atoms with Crippen molar-refractivity contribution < 1.29 is 4.92 Å². The van der Waals surface area contributed by atoms with Crippen molar-refractivity contribution >= 4 is 11.4 Å². The molecule has 1 aromatic rings. The molecule has 0 aliphatic heterocycles. The van der Waals surface area contributed by atoms with Crippen LogP contribution >= 0.6 is 0 Å². The van der Waals surface area contributed by atoms with Gasteiger partial charge in [-0.1, -0.05) is 0 Å². The molecule has 0 aliphatic rings. The number of benzene rings is 1. The number of nitrogens with zero attached hydrogens (tertiary/aromatic N) is 2. The average molecular weight is 220 g/mol. The molecule has 84 valence electrons. The van der Waals surface area contributed by atoms with E-state index in [2.05, 4.69) is 10.6 Å². The Morgan fingerprint density at radius 3 is 2.81 bits per heavy atom. The summed E-state index contributed by atoms with van der Waals surface area (Å²) < 4.78 is 0. The molecule has 0 spiro atoms. The molecule has 16 heavy (non-hydrogen) atoms. The number of nitro benzene ring substituents is 1. The van der Waals surface area contributed by atoms with Crippen molar-refractivity contribution in [2.75, 3.05) is 25.5 Å². The first-order valence-corrected chi connectivity index (χ1v) is 4.76. The zero-order valence-electron chi connectivity index (χ0n) is 8.86. The SMILES string of the molecule is CNCCNc1cc(C#N)ccc1[N+](=O)[O-]. The van der Waals surface area contributed by atoms with Gasteiger partial charge in [0.25, 0.3) is 5.69 Å². The highest BCUT2D eigenvalue weighted by atomic mass is 16.6. The lowest BCUT2D eigenvalue weighted by Crippen LogP contribution is -2.18. The normalized spacial score (nSPS) is 9.50. The number of rotatable bonds is 5. The van der Waals surface area contributed by atoms with Gasteiger partial charge in [0, 0.05) is 19.2 Å². The highest BCUT2D eigenvalue weighted by Crippen LogP contribution is 2.24. The molecule has 0 heterocycles. The Morgan fingerprint density at radius 1 is 1.50 bits per heavy atom. The molecule has 0 bridgehead atoms. The van der Waals surface area contributed by atoms with E-state index in [0.717, 1.165) is 0 Å². The van der Waals surface area contributed by atoms with Gasteiger partial charge in [-0.25, -0.2) is 0 Å². The largest absolute Gasteiger partial charge is 0.378 e. The van der Waals surface area contributed by atoms with Gasteiger partial charge in [0.15, 0.2) is 0 Å². The highest BCUT2D eigenvalue weighted by molar-refractivity contribution is 5.64. The number of likely N-dealkylation sites (N-methyl/N-ethyl adjacent to an activating group) is 1. The van der Waals surface area contributed by atoms with Crippen molar-refractivity contribution in [2.45, 2.75) is 0 Å².